The van der Waals surface area contributed by atoms with Crippen LogP contribution < -0.4 is 10.9 Å². The van der Waals surface area contributed by atoms with E-state index in [0.717, 1.165) is 16.7 Å². The Bertz CT molecular complexity index is 1320. The molecule has 4 rings (SSSR count). The van der Waals surface area contributed by atoms with Crippen LogP contribution in [0.4, 0.5) is 5.82 Å². The van der Waals surface area contributed by atoms with Gasteiger partial charge in [-0.05, 0) is 44.9 Å². The van der Waals surface area contributed by atoms with Gasteiger partial charge in [0.2, 0.25) is 0 Å². The molecule has 6 nitrogen and oxygen atoms in total. The number of hydrogen-bond donors (Lipinski definition) is 2. The second-order valence-corrected chi connectivity index (χ2v) is 9.85. The van der Waals surface area contributed by atoms with Crippen LogP contribution in [-0.2, 0) is 15.3 Å². The molecule has 1 unspecified atom stereocenters. The monoisotopic (exact) mass is 495 g/mol. The van der Waals surface area contributed by atoms with Crippen LogP contribution in [0.3, 0.4) is 0 Å². The topological polar surface area (TPSA) is 84.1 Å². The van der Waals surface area contributed by atoms with Gasteiger partial charge in [0.15, 0.2) is 5.16 Å². The summed E-state index contributed by atoms with van der Waals surface area (Å²) >= 11 is 7.66. The van der Waals surface area contributed by atoms with E-state index in [4.69, 9.17) is 16.3 Å². The number of thioether (sulfide) groups is 1. The Hall–Kier alpha value is -3.03. The second-order valence-electron chi connectivity index (χ2n) is 8.47. The molecule has 0 amide bonds. The maximum Gasteiger partial charge on any atom is 0.337 e. The number of aryl methyl sites for hydroxylation is 1. The minimum Gasteiger partial charge on any atom is -0.460 e. The molecular formula is C26H26ClN3O3S. The average molecular weight is 496 g/mol. The van der Waals surface area contributed by atoms with Crippen LogP contribution in [0, 0.1) is 6.92 Å². The molecule has 3 aromatic rings. The molecule has 0 fully saturated rings. The molecule has 2 N–H and O–H groups in total. The van der Waals surface area contributed by atoms with Crippen molar-refractivity contribution in [3.8, 4) is 0 Å². The Morgan fingerprint density at radius 1 is 1.15 bits per heavy atom. The number of benzene rings is 2. The molecule has 0 aliphatic carbocycles. The van der Waals surface area contributed by atoms with Gasteiger partial charge in [-0.1, -0.05) is 71.4 Å². The van der Waals surface area contributed by atoms with E-state index in [1.54, 1.807) is 20.8 Å². The molecular weight excluding hydrogens is 470 g/mol. The number of nitrogens with zero attached hydrogens (tertiary/aromatic N) is 1. The number of esters is 1. The van der Waals surface area contributed by atoms with Gasteiger partial charge in [0.25, 0.3) is 5.56 Å². The molecule has 2 heterocycles. The highest BCUT2D eigenvalue weighted by molar-refractivity contribution is 7.98. The number of aromatic amines is 1. The van der Waals surface area contributed by atoms with Crippen molar-refractivity contribution in [3.63, 3.8) is 0 Å². The molecule has 0 saturated carbocycles. The molecule has 0 saturated heterocycles. The number of carbonyl (C=O) groups is 1. The lowest BCUT2D eigenvalue weighted by atomic mass is 9.82. The summed E-state index contributed by atoms with van der Waals surface area (Å²) in [6.45, 7) is 7.40. The van der Waals surface area contributed by atoms with Crippen LogP contribution in [0.15, 0.2) is 69.8 Å². The smallest absolute Gasteiger partial charge is 0.337 e. The van der Waals surface area contributed by atoms with Crippen LogP contribution >= 0.6 is 23.4 Å². The Labute approximate surface area is 207 Å². The zero-order valence-corrected chi connectivity index (χ0v) is 21.0. The van der Waals surface area contributed by atoms with Crippen molar-refractivity contribution in [1.82, 2.24) is 9.97 Å². The Morgan fingerprint density at radius 3 is 2.53 bits per heavy atom. The van der Waals surface area contributed by atoms with Crippen LogP contribution in [0.2, 0.25) is 5.02 Å². The van der Waals surface area contributed by atoms with Gasteiger partial charge in [-0.15, -0.1) is 0 Å². The first-order valence-corrected chi connectivity index (χ1v) is 12.4. The van der Waals surface area contributed by atoms with E-state index in [1.807, 2.05) is 55.5 Å². The Kier molecular flexibility index (Phi) is 7.14. The van der Waals surface area contributed by atoms with Crippen molar-refractivity contribution in [2.24, 2.45) is 0 Å². The summed E-state index contributed by atoms with van der Waals surface area (Å²) in [6, 6.07) is 15.4. The highest BCUT2D eigenvalue weighted by Gasteiger charge is 2.36. The highest BCUT2D eigenvalue weighted by Crippen LogP contribution is 2.40. The fraction of sp³-hybridized carbons (Fsp3) is 0.269. The molecule has 2 aromatic carbocycles. The van der Waals surface area contributed by atoms with Gasteiger partial charge in [0.05, 0.1) is 23.2 Å². The summed E-state index contributed by atoms with van der Waals surface area (Å²) < 4.78 is 5.53. The van der Waals surface area contributed by atoms with Crippen molar-refractivity contribution in [2.75, 3.05) is 5.32 Å². The molecule has 1 atom stereocenters. The number of nitrogens with one attached hydrogen (secondary N) is 2. The van der Waals surface area contributed by atoms with E-state index in [-0.39, 0.29) is 11.7 Å². The maximum atomic E-state index is 13.4. The summed E-state index contributed by atoms with van der Waals surface area (Å²) in [5.74, 6) is -0.0480. The third kappa shape index (κ3) is 5.05. The predicted molar refractivity (Wildman–Crippen MR) is 136 cm³/mol. The number of hydrogen-bond acceptors (Lipinski definition) is 6. The van der Waals surface area contributed by atoms with Crippen molar-refractivity contribution < 1.29 is 9.53 Å². The van der Waals surface area contributed by atoms with Crippen LogP contribution in [0.1, 0.15) is 48.9 Å². The number of rotatable bonds is 6. The number of H-pyrrole nitrogens is 1. The fourth-order valence-corrected chi connectivity index (χ4v) is 5.05. The Morgan fingerprint density at radius 2 is 1.85 bits per heavy atom. The van der Waals surface area contributed by atoms with Gasteiger partial charge in [-0.3, -0.25) is 4.79 Å². The van der Waals surface area contributed by atoms with Crippen molar-refractivity contribution in [2.45, 2.75) is 50.6 Å². The molecule has 1 aromatic heterocycles. The lowest BCUT2D eigenvalue weighted by molar-refractivity contribution is -0.143. The van der Waals surface area contributed by atoms with Gasteiger partial charge in [-0.25, -0.2) is 9.78 Å². The van der Waals surface area contributed by atoms with E-state index >= 15 is 0 Å². The second kappa shape index (κ2) is 10.1. The SMILES string of the molecule is CC1=C(C(=O)OC(C)C)C(c2ccc(C)cc2)c2c(nc(SCc3ccccc3Cl)[nH]c2=O)N1. The Balaban J connectivity index is 1.76. The van der Waals surface area contributed by atoms with E-state index in [1.165, 1.54) is 11.8 Å². The first-order valence-electron chi connectivity index (χ1n) is 11.0. The molecule has 176 valence electrons. The standard InChI is InChI=1S/C26H26ClN3O3S/c1-14(2)33-25(32)20-16(4)28-23-22(21(20)17-11-9-15(3)10-12-17)24(31)30-26(29-23)34-13-18-7-5-6-8-19(18)27/h5-12,14,21H,13H2,1-4H3,(H2,28,29,30,31). The van der Waals surface area contributed by atoms with E-state index < -0.39 is 11.9 Å². The largest absolute Gasteiger partial charge is 0.460 e. The van der Waals surface area contributed by atoms with Gasteiger partial charge in [0, 0.05) is 16.5 Å². The first kappa shape index (κ1) is 24.1. The molecule has 0 radical (unpaired) electrons. The number of allylic oxidation sites excluding steroid dienone is 1. The summed E-state index contributed by atoms with van der Waals surface area (Å²) in [5, 5.41) is 4.31. The highest BCUT2D eigenvalue weighted by atomic mass is 35.5. The number of carbonyl (C=O) groups excluding carboxylic acids is 1. The molecule has 1 aliphatic rings. The van der Waals surface area contributed by atoms with Crippen molar-refractivity contribution in [1.29, 1.82) is 0 Å². The fourth-order valence-electron chi connectivity index (χ4n) is 3.90. The average Bonchev–Trinajstić information content (AvgIpc) is 2.77. The van der Waals surface area contributed by atoms with Crippen molar-refractivity contribution in [3.05, 3.63) is 97.4 Å². The van der Waals surface area contributed by atoms with Crippen LogP contribution in [0.25, 0.3) is 0 Å². The normalized spacial score (nSPS) is 15.2. The molecule has 0 spiro atoms. The van der Waals surface area contributed by atoms with Crippen molar-refractivity contribution >= 4 is 35.1 Å². The third-order valence-electron chi connectivity index (χ3n) is 5.52. The van der Waals surface area contributed by atoms with Gasteiger partial charge >= 0.3 is 5.97 Å². The van der Waals surface area contributed by atoms with Gasteiger partial charge in [-0.2, -0.15) is 0 Å². The lowest BCUT2D eigenvalue weighted by Crippen LogP contribution is -2.31. The number of anilines is 1. The van der Waals surface area contributed by atoms with Crippen LogP contribution in [-0.4, -0.2) is 22.0 Å². The molecule has 1 aliphatic heterocycles. The molecule has 8 heteroatoms. The number of ether oxygens (including phenoxy) is 1. The van der Waals surface area contributed by atoms with Gasteiger partial charge < -0.3 is 15.0 Å². The van der Waals surface area contributed by atoms with E-state index in [2.05, 4.69) is 15.3 Å². The lowest BCUT2D eigenvalue weighted by Gasteiger charge is -2.29. The quantitative estimate of drug-likeness (QED) is 0.255. The summed E-state index contributed by atoms with van der Waals surface area (Å²) in [6.07, 6.45) is -0.284. The van der Waals surface area contributed by atoms with E-state index in [9.17, 15) is 9.59 Å². The summed E-state index contributed by atoms with van der Waals surface area (Å²) in [5.41, 5.74) is 3.99. The zero-order valence-electron chi connectivity index (χ0n) is 19.4. The minimum absolute atomic E-state index is 0.284. The maximum absolute atomic E-state index is 13.4. The summed E-state index contributed by atoms with van der Waals surface area (Å²) in [4.78, 5) is 34.0. The van der Waals surface area contributed by atoms with E-state index in [0.29, 0.717) is 38.6 Å². The third-order valence-corrected chi connectivity index (χ3v) is 6.81. The first-order chi connectivity index (χ1) is 16.2. The predicted octanol–water partition coefficient (Wildman–Crippen LogP) is 5.81. The number of fused-ring (bicyclic) bond motifs is 1. The number of halogens is 1. The van der Waals surface area contributed by atoms with Gasteiger partial charge in [0.1, 0.15) is 5.82 Å². The van der Waals surface area contributed by atoms with Crippen LogP contribution in [0.5, 0.6) is 0 Å². The molecule has 0 bridgehead atoms. The number of aromatic nitrogens is 2. The summed E-state index contributed by atoms with van der Waals surface area (Å²) in [7, 11) is 0. The zero-order chi connectivity index (χ0) is 24.4. The molecule has 34 heavy (non-hydrogen) atoms. The minimum atomic E-state index is -0.595.